The number of fused-ring (bicyclic) bond motifs is 1. The molecule has 0 aliphatic rings. The summed E-state index contributed by atoms with van der Waals surface area (Å²) in [6.45, 7) is 1.12. The van der Waals surface area contributed by atoms with Gasteiger partial charge in [-0.05, 0) is 57.4 Å². The summed E-state index contributed by atoms with van der Waals surface area (Å²) >= 11 is 1.36. The monoisotopic (exact) mass is 407 g/mol. The third-order valence-corrected chi connectivity index (χ3v) is 5.24. The lowest BCUT2D eigenvalue weighted by atomic mass is 10.1. The maximum atomic E-state index is 13.1. The van der Waals surface area contributed by atoms with Crippen molar-refractivity contribution in [3.63, 3.8) is 0 Å². The number of aromatic nitrogens is 1. The minimum absolute atomic E-state index is 0.000987. The molecule has 1 amide bonds. The molecule has 0 fully saturated rings. The van der Waals surface area contributed by atoms with Crippen molar-refractivity contribution in [2.24, 2.45) is 0 Å². The molecule has 0 bridgehead atoms. The van der Waals surface area contributed by atoms with Gasteiger partial charge in [0.2, 0.25) is 0 Å². The summed E-state index contributed by atoms with van der Waals surface area (Å²) < 4.78 is 40.1. The number of hydrogen-bond donors (Lipinski definition) is 0. The van der Waals surface area contributed by atoms with Crippen LogP contribution in [0.4, 0.5) is 18.3 Å². The zero-order chi connectivity index (χ0) is 20.3. The Morgan fingerprint density at radius 2 is 1.82 bits per heavy atom. The molecule has 2 aromatic carbocycles. The molecule has 3 aromatic rings. The van der Waals surface area contributed by atoms with Gasteiger partial charge in [-0.1, -0.05) is 29.5 Å². The van der Waals surface area contributed by atoms with Crippen molar-refractivity contribution in [2.75, 3.05) is 32.1 Å². The molecular weight excluding hydrogens is 387 g/mol. The summed E-state index contributed by atoms with van der Waals surface area (Å²) in [5.41, 5.74) is -0.0771. The second-order valence-corrected chi connectivity index (χ2v) is 7.67. The molecule has 28 heavy (non-hydrogen) atoms. The second-order valence-electron chi connectivity index (χ2n) is 6.66. The van der Waals surface area contributed by atoms with E-state index in [-0.39, 0.29) is 5.56 Å². The highest BCUT2D eigenvalue weighted by atomic mass is 32.1. The first-order valence-corrected chi connectivity index (χ1v) is 9.57. The van der Waals surface area contributed by atoms with Gasteiger partial charge < -0.3 is 4.90 Å². The molecule has 0 spiro atoms. The van der Waals surface area contributed by atoms with Crippen LogP contribution >= 0.6 is 11.3 Å². The van der Waals surface area contributed by atoms with Crippen LogP contribution in [0.15, 0.2) is 48.5 Å². The average molecular weight is 407 g/mol. The molecule has 1 aromatic heterocycles. The lowest BCUT2D eigenvalue weighted by Crippen LogP contribution is -2.33. The molecule has 1 heterocycles. The molecule has 148 valence electrons. The highest BCUT2D eigenvalue weighted by molar-refractivity contribution is 7.22. The number of benzene rings is 2. The number of nitrogens with zero attached hydrogens (tertiary/aromatic N) is 3. The number of halogens is 3. The Balaban J connectivity index is 1.95. The predicted octanol–water partition coefficient (Wildman–Crippen LogP) is 4.91. The Labute approximate surface area is 165 Å². The molecule has 0 aliphatic heterocycles. The Morgan fingerprint density at radius 3 is 2.50 bits per heavy atom. The molecule has 0 aliphatic carbocycles. The summed E-state index contributed by atoms with van der Waals surface area (Å²) in [4.78, 5) is 21.1. The normalized spacial score (nSPS) is 11.9. The molecule has 0 saturated carbocycles. The van der Waals surface area contributed by atoms with E-state index in [2.05, 4.69) is 4.98 Å². The number of thiazole rings is 1. The molecule has 0 saturated heterocycles. The zero-order valence-electron chi connectivity index (χ0n) is 15.5. The third-order valence-electron chi connectivity index (χ3n) is 4.18. The van der Waals surface area contributed by atoms with E-state index in [9.17, 15) is 18.0 Å². The Hall–Kier alpha value is -2.45. The van der Waals surface area contributed by atoms with Crippen molar-refractivity contribution >= 4 is 32.6 Å². The third kappa shape index (κ3) is 4.69. The van der Waals surface area contributed by atoms with Crippen molar-refractivity contribution in [1.82, 2.24) is 9.88 Å². The summed E-state index contributed by atoms with van der Waals surface area (Å²) in [6.07, 6.45) is -3.82. The highest BCUT2D eigenvalue weighted by Crippen LogP contribution is 2.32. The lowest BCUT2D eigenvalue weighted by molar-refractivity contribution is -0.137. The maximum Gasteiger partial charge on any atom is 0.416 e. The minimum Gasteiger partial charge on any atom is -0.309 e. The molecular formula is C20H20F3N3OS. The molecule has 0 N–H and O–H groups in total. The SMILES string of the molecule is CN(C)CCCN(C(=O)c1cccc(C(F)(F)F)c1)c1nc2ccccc2s1. The van der Waals surface area contributed by atoms with Gasteiger partial charge in [-0.25, -0.2) is 4.98 Å². The van der Waals surface area contributed by atoms with Crippen LogP contribution in [0.5, 0.6) is 0 Å². The van der Waals surface area contributed by atoms with Crippen LogP contribution in [0.1, 0.15) is 22.3 Å². The second kappa shape index (κ2) is 8.28. The van der Waals surface area contributed by atoms with E-state index in [4.69, 9.17) is 0 Å². The first-order valence-electron chi connectivity index (χ1n) is 8.75. The largest absolute Gasteiger partial charge is 0.416 e. The van der Waals surface area contributed by atoms with Crippen LogP contribution in [-0.2, 0) is 6.18 Å². The number of rotatable bonds is 6. The van der Waals surface area contributed by atoms with Gasteiger partial charge in [0.1, 0.15) is 0 Å². The van der Waals surface area contributed by atoms with Crippen molar-refractivity contribution in [1.29, 1.82) is 0 Å². The van der Waals surface area contributed by atoms with Gasteiger partial charge in [-0.15, -0.1) is 0 Å². The first kappa shape index (κ1) is 20.3. The van der Waals surface area contributed by atoms with E-state index in [1.807, 2.05) is 43.3 Å². The predicted molar refractivity (Wildman–Crippen MR) is 106 cm³/mol. The standard InChI is InChI=1S/C20H20F3N3OS/c1-25(2)11-6-12-26(19-24-16-9-3-4-10-17(16)28-19)18(27)14-7-5-8-15(13-14)20(21,22)23/h3-5,7-10,13H,6,11-12H2,1-2H3. The van der Waals surface area contributed by atoms with Crippen molar-refractivity contribution < 1.29 is 18.0 Å². The van der Waals surface area contributed by atoms with E-state index in [1.54, 1.807) is 0 Å². The van der Waals surface area contributed by atoms with Crippen molar-refractivity contribution in [3.05, 3.63) is 59.7 Å². The van der Waals surface area contributed by atoms with E-state index in [1.165, 1.54) is 28.4 Å². The number of alkyl halides is 3. The molecule has 0 unspecified atom stereocenters. The topological polar surface area (TPSA) is 36.4 Å². The summed E-state index contributed by atoms with van der Waals surface area (Å²) in [6, 6.07) is 12.0. The Kier molecular flexibility index (Phi) is 6.00. The molecule has 3 rings (SSSR count). The fourth-order valence-corrected chi connectivity index (χ4v) is 3.78. The highest BCUT2D eigenvalue weighted by Gasteiger charge is 2.31. The van der Waals surface area contributed by atoms with Gasteiger partial charge in [0, 0.05) is 12.1 Å². The zero-order valence-corrected chi connectivity index (χ0v) is 16.3. The lowest BCUT2D eigenvalue weighted by Gasteiger charge is -2.21. The average Bonchev–Trinajstić information content (AvgIpc) is 3.07. The number of amides is 1. The minimum atomic E-state index is -4.50. The fraction of sp³-hybridized carbons (Fsp3) is 0.300. The van der Waals surface area contributed by atoms with Gasteiger partial charge in [0.25, 0.3) is 5.91 Å². The van der Waals surface area contributed by atoms with E-state index >= 15 is 0 Å². The molecule has 4 nitrogen and oxygen atoms in total. The van der Waals surface area contributed by atoms with Gasteiger partial charge in [-0.3, -0.25) is 9.69 Å². The van der Waals surface area contributed by atoms with Gasteiger partial charge in [0.05, 0.1) is 15.8 Å². The number of carbonyl (C=O) groups is 1. The summed E-state index contributed by atoms with van der Waals surface area (Å²) in [5, 5.41) is 0.488. The van der Waals surface area contributed by atoms with Crippen LogP contribution < -0.4 is 4.90 Å². The van der Waals surface area contributed by atoms with E-state index < -0.39 is 17.6 Å². The first-order chi connectivity index (χ1) is 13.3. The Morgan fingerprint density at radius 1 is 1.07 bits per heavy atom. The molecule has 0 radical (unpaired) electrons. The molecule has 8 heteroatoms. The van der Waals surface area contributed by atoms with Crippen LogP contribution in [0.25, 0.3) is 10.2 Å². The quantitative estimate of drug-likeness (QED) is 0.582. The van der Waals surface area contributed by atoms with Gasteiger partial charge in [-0.2, -0.15) is 13.2 Å². The van der Waals surface area contributed by atoms with E-state index in [0.29, 0.717) is 18.1 Å². The van der Waals surface area contributed by atoms with Crippen LogP contribution in [0.3, 0.4) is 0 Å². The van der Waals surface area contributed by atoms with Crippen LogP contribution in [0.2, 0.25) is 0 Å². The number of anilines is 1. The summed E-state index contributed by atoms with van der Waals surface area (Å²) in [7, 11) is 3.85. The number of para-hydroxylation sites is 1. The number of carbonyl (C=O) groups excluding carboxylic acids is 1. The van der Waals surface area contributed by atoms with Crippen LogP contribution in [0, 0.1) is 0 Å². The Bertz CT molecular complexity index is 935. The smallest absolute Gasteiger partial charge is 0.309 e. The van der Waals surface area contributed by atoms with Gasteiger partial charge >= 0.3 is 6.18 Å². The maximum absolute atomic E-state index is 13.1. The van der Waals surface area contributed by atoms with Gasteiger partial charge in [0.15, 0.2) is 5.13 Å². The van der Waals surface area contributed by atoms with Crippen molar-refractivity contribution in [3.8, 4) is 0 Å². The summed E-state index contributed by atoms with van der Waals surface area (Å²) in [5.74, 6) is -0.482. The molecule has 0 atom stereocenters. The fourth-order valence-electron chi connectivity index (χ4n) is 2.79. The van der Waals surface area contributed by atoms with E-state index in [0.717, 1.165) is 28.9 Å². The van der Waals surface area contributed by atoms with Crippen molar-refractivity contribution in [2.45, 2.75) is 12.6 Å². The van der Waals surface area contributed by atoms with Crippen LogP contribution in [-0.4, -0.2) is 43.0 Å². The number of hydrogen-bond acceptors (Lipinski definition) is 4.